The molecule has 3 aromatic carbocycles. The fourth-order valence-electron chi connectivity index (χ4n) is 4.24. The standard InChI is InChI=1S/C25H17ClN4O3/c1-28-22-21(29-14-20(33-24(29)27-22)16-9-11-18(26)12-10-16)23(31)30(25(28)32)13-17-7-4-6-15-5-2-3-8-19(15)17/h2-12,14H,13H2,1H3. The van der Waals surface area contributed by atoms with E-state index in [1.807, 2.05) is 54.6 Å². The Balaban J connectivity index is 1.56. The molecule has 3 aromatic heterocycles. The summed E-state index contributed by atoms with van der Waals surface area (Å²) in [5.41, 5.74) is 1.41. The van der Waals surface area contributed by atoms with E-state index >= 15 is 0 Å². The summed E-state index contributed by atoms with van der Waals surface area (Å²) in [4.78, 5) is 31.1. The van der Waals surface area contributed by atoms with Gasteiger partial charge in [0.15, 0.2) is 16.9 Å². The average Bonchev–Trinajstić information content (AvgIpc) is 3.39. The molecule has 0 unspecified atom stereocenters. The summed E-state index contributed by atoms with van der Waals surface area (Å²) in [5, 5.41) is 2.67. The van der Waals surface area contributed by atoms with Gasteiger partial charge in [0.1, 0.15) is 0 Å². The van der Waals surface area contributed by atoms with Crippen molar-refractivity contribution < 1.29 is 4.42 Å². The molecule has 0 N–H and O–H groups in total. The quantitative estimate of drug-likeness (QED) is 0.394. The van der Waals surface area contributed by atoms with E-state index in [4.69, 9.17) is 16.0 Å². The lowest BCUT2D eigenvalue weighted by Gasteiger charge is -2.10. The molecule has 0 bridgehead atoms. The van der Waals surface area contributed by atoms with Gasteiger partial charge in [0, 0.05) is 17.6 Å². The van der Waals surface area contributed by atoms with Gasteiger partial charge >= 0.3 is 11.5 Å². The predicted molar refractivity (Wildman–Crippen MR) is 128 cm³/mol. The van der Waals surface area contributed by atoms with Crippen molar-refractivity contribution in [1.82, 2.24) is 18.5 Å². The van der Waals surface area contributed by atoms with Crippen LogP contribution in [-0.4, -0.2) is 18.5 Å². The van der Waals surface area contributed by atoms with Crippen molar-refractivity contribution in [3.8, 4) is 11.3 Å². The van der Waals surface area contributed by atoms with Crippen LogP contribution in [0.2, 0.25) is 5.02 Å². The minimum absolute atomic E-state index is 0.151. The maximum absolute atomic E-state index is 13.5. The number of hydrogen-bond acceptors (Lipinski definition) is 4. The van der Waals surface area contributed by atoms with Gasteiger partial charge in [-0.15, -0.1) is 0 Å². The molecule has 3 heterocycles. The van der Waals surface area contributed by atoms with Crippen LogP contribution < -0.4 is 11.2 Å². The van der Waals surface area contributed by atoms with Crippen molar-refractivity contribution >= 4 is 39.4 Å². The Morgan fingerprint density at radius 1 is 0.970 bits per heavy atom. The normalized spacial score (nSPS) is 11.7. The number of halogens is 1. The third-order valence-electron chi connectivity index (χ3n) is 5.93. The second-order valence-corrected chi connectivity index (χ2v) is 8.35. The number of rotatable bonds is 3. The first-order chi connectivity index (χ1) is 16.0. The van der Waals surface area contributed by atoms with Gasteiger partial charge in [-0.1, -0.05) is 54.1 Å². The maximum atomic E-state index is 13.5. The van der Waals surface area contributed by atoms with Crippen LogP contribution in [0.1, 0.15) is 5.56 Å². The Bertz CT molecular complexity index is 1800. The molecular weight excluding hydrogens is 440 g/mol. The number of aromatic nitrogens is 4. The van der Waals surface area contributed by atoms with E-state index < -0.39 is 11.2 Å². The van der Waals surface area contributed by atoms with Crippen LogP contribution in [0, 0.1) is 0 Å². The van der Waals surface area contributed by atoms with E-state index in [9.17, 15) is 9.59 Å². The number of aryl methyl sites for hydroxylation is 1. The fourth-order valence-corrected chi connectivity index (χ4v) is 4.37. The van der Waals surface area contributed by atoms with Gasteiger partial charge in [-0.3, -0.25) is 18.3 Å². The maximum Gasteiger partial charge on any atom is 0.332 e. The van der Waals surface area contributed by atoms with E-state index in [0.29, 0.717) is 10.8 Å². The number of benzene rings is 3. The molecule has 162 valence electrons. The molecule has 0 atom stereocenters. The summed E-state index contributed by atoms with van der Waals surface area (Å²) in [6.45, 7) is 0.151. The number of nitrogens with zero attached hydrogens (tertiary/aromatic N) is 4. The highest BCUT2D eigenvalue weighted by Gasteiger charge is 2.20. The summed E-state index contributed by atoms with van der Waals surface area (Å²) in [5.74, 6) is 0.787. The molecule has 33 heavy (non-hydrogen) atoms. The van der Waals surface area contributed by atoms with Gasteiger partial charge in [-0.05, 0) is 40.6 Å². The second kappa shape index (κ2) is 7.21. The second-order valence-electron chi connectivity index (χ2n) is 7.91. The molecule has 0 amide bonds. The number of oxazole rings is 1. The molecule has 0 spiro atoms. The zero-order chi connectivity index (χ0) is 22.7. The van der Waals surface area contributed by atoms with Gasteiger partial charge in [0.2, 0.25) is 0 Å². The van der Waals surface area contributed by atoms with Crippen LogP contribution in [0.5, 0.6) is 0 Å². The Morgan fingerprint density at radius 2 is 1.73 bits per heavy atom. The Morgan fingerprint density at radius 3 is 2.55 bits per heavy atom. The minimum atomic E-state index is -0.431. The third kappa shape index (κ3) is 3.01. The summed E-state index contributed by atoms with van der Waals surface area (Å²) in [6.07, 6.45) is 1.71. The molecule has 0 saturated heterocycles. The summed E-state index contributed by atoms with van der Waals surface area (Å²) < 4.78 is 10.1. The van der Waals surface area contributed by atoms with Gasteiger partial charge in [0.25, 0.3) is 5.56 Å². The number of hydrogen-bond donors (Lipinski definition) is 0. The molecule has 7 nitrogen and oxygen atoms in total. The zero-order valence-corrected chi connectivity index (χ0v) is 18.3. The molecule has 0 radical (unpaired) electrons. The van der Waals surface area contributed by atoms with Crippen molar-refractivity contribution in [2.24, 2.45) is 7.05 Å². The SMILES string of the molecule is Cn1c(=O)n(Cc2cccc3ccccc23)c(=O)c2c1nc1oc(-c3ccc(Cl)cc3)cn12. The fraction of sp³-hybridized carbons (Fsp3) is 0.0800. The smallest absolute Gasteiger partial charge is 0.332 e. The first-order valence-corrected chi connectivity index (χ1v) is 10.7. The van der Waals surface area contributed by atoms with Crippen molar-refractivity contribution in [1.29, 1.82) is 0 Å². The number of imidazole rings is 1. The lowest BCUT2D eigenvalue weighted by molar-refractivity contribution is 0.610. The van der Waals surface area contributed by atoms with Crippen LogP contribution in [-0.2, 0) is 13.6 Å². The van der Waals surface area contributed by atoms with Crippen LogP contribution in [0.3, 0.4) is 0 Å². The van der Waals surface area contributed by atoms with Crippen LogP contribution >= 0.6 is 11.6 Å². The summed E-state index contributed by atoms with van der Waals surface area (Å²) >= 11 is 5.98. The molecule has 8 heteroatoms. The van der Waals surface area contributed by atoms with Crippen LogP contribution in [0.15, 0.2) is 86.9 Å². The van der Waals surface area contributed by atoms with Crippen molar-refractivity contribution in [3.63, 3.8) is 0 Å². The van der Waals surface area contributed by atoms with Crippen molar-refractivity contribution in [2.75, 3.05) is 0 Å². The minimum Gasteiger partial charge on any atom is -0.423 e. The average molecular weight is 457 g/mol. The molecule has 0 aliphatic rings. The van der Waals surface area contributed by atoms with Crippen molar-refractivity contribution in [2.45, 2.75) is 6.54 Å². The van der Waals surface area contributed by atoms with Crippen LogP contribution in [0.4, 0.5) is 0 Å². The molecule has 0 saturated carbocycles. The van der Waals surface area contributed by atoms with Gasteiger partial charge in [-0.2, -0.15) is 4.98 Å². The predicted octanol–water partition coefficient (Wildman–Crippen LogP) is 4.46. The molecular formula is C25H17ClN4O3. The third-order valence-corrected chi connectivity index (χ3v) is 6.18. The molecule has 0 aliphatic carbocycles. The van der Waals surface area contributed by atoms with E-state index in [1.165, 1.54) is 9.13 Å². The van der Waals surface area contributed by atoms with Crippen LogP contribution in [0.25, 0.3) is 39.1 Å². The summed E-state index contributed by atoms with van der Waals surface area (Å²) in [6, 6.07) is 21.0. The van der Waals surface area contributed by atoms with E-state index in [-0.39, 0.29) is 23.6 Å². The highest BCUT2D eigenvalue weighted by molar-refractivity contribution is 6.30. The van der Waals surface area contributed by atoms with Crippen molar-refractivity contribution in [3.05, 3.63) is 104 Å². The molecule has 0 aliphatic heterocycles. The highest BCUT2D eigenvalue weighted by atomic mass is 35.5. The lowest BCUT2D eigenvalue weighted by atomic mass is 10.0. The van der Waals surface area contributed by atoms with E-state index in [0.717, 1.165) is 21.9 Å². The molecule has 6 aromatic rings. The monoisotopic (exact) mass is 456 g/mol. The van der Waals surface area contributed by atoms with Gasteiger partial charge < -0.3 is 4.42 Å². The lowest BCUT2D eigenvalue weighted by Crippen LogP contribution is -2.39. The first kappa shape index (κ1) is 19.6. The number of fused-ring (bicyclic) bond motifs is 4. The largest absolute Gasteiger partial charge is 0.423 e. The van der Waals surface area contributed by atoms with Gasteiger partial charge in [0.05, 0.1) is 12.7 Å². The summed E-state index contributed by atoms with van der Waals surface area (Å²) in [7, 11) is 1.61. The zero-order valence-electron chi connectivity index (χ0n) is 17.5. The highest BCUT2D eigenvalue weighted by Crippen LogP contribution is 2.26. The Labute approximate surface area is 191 Å². The Kier molecular flexibility index (Phi) is 4.28. The first-order valence-electron chi connectivity index (χ1n) is 10.4. The molecule has 6 rings (SSSR count). The molecule has 0 fully saturated rings. The Hall–Kier alpha value is -4.10. The van der Waals surface area contributed by atoms with E-state index in [2.05, 4.69) is 4.98 Å². The van der Waals surface area contributed by atoms with E-state index in [1.54, 1.807) is 29.8 Å². The topological polar surface area (TPSA) is 74.4 Å². The van der Waals surface area contributed by atoms with Gasteiger partial charge in [-0.25, -0.2) is 4.79 Å².